The van der Waals surface area contributed by atoms with Crippen molar-refractivity contribution in [3.8, 4) is 0 Å². The van der Waals surface area contributed by atoms with E-state index in [-0.39, 0.29) is 0 Å². The highest BCUT2D eigenvalue weighted by Crippen LogP contribution is 2.02. The van der Waals surface area contributed by atoms with E-state index in [0.717, 1.165) is 0 Å². The van der Waals surface area contributed by atoms with Crippen LogP contribution in [-0.4, -0.2) is 25.0 Å². The van der Waals surface area contributed by atoms with Crippen molar-refractivity contribution >= 4 is 0 Å². The molecule has 58 valence electrons. The lowest BCUT2D eigenvalue weighted by atomic mass is 10.2. The maximum absolute atomic E-state index is 2.41. The Morgan fingerprint density at radius 1 is 1.00 bits per heavy atom. The van der Waals surface area contributed by atoms with Gasteiger partial charge in [-0.05, 0) is 39.3 Å². The van der Waals surface area contributed by atoms with Gasteiger partial charge in [0.1, 0.15) is 0 Å². The number of nitrogens with zero attached hydrogens (tertiary/aromatic N) is 1. The van der Waals surface area contributed by atoms with Crippen LogP contribution in [-0.2, 0) is 0 Å². The lowest BCUT2D eigenvalue weighted by Gasteiger charge is -2.13. The van der Waals surface area contributed by atoms with Crippen LogP contribution in [0.15, 0.2) is 12.2 Å². The Labute approximate surface area is 63.7 Å². The standard InChI is InChI=1S/C9H17N/c1-10-8-6-4-2-3-5-7-9-10/h2,4H,3,5-9H2,1H3/b4-2+. The number of hydrogen-bond donors (Lipinski definition) is 0. The van der Waals surface area contributed by atoms with Crippen LogP contribution < -0.4 is 0 Å². The monoisotopic (exact) mass is 139 g/mol. The largest absolute Gasteiger partial charge is 0.306 e. The van der Waals surface area contributed by atoms with Crippen LogP contribution in [0, 0.1) is 0 Å². The summed E-state index contributed by atoms with van der Waals surface area (Å²) in [4.78, 5) is 2.41. The number of hydrogen-bond acceptors (Lipinski definition) is 1. The molecule has 1 aliphatic rings. The predicted octanol–water partition coefficient (Wildman–Crippen LogP) is 2.05. The zero-order valence-corrected chi connectivity index (χ0v) is 6.84. The summed E-state index contributed by atoms with van der Waals surface area (Å²) in [7, 11) is 2.21. The van der Waals surface area contributed by atoms with Crippen LogP contribution in [0.2, 0.25) is 0 Å². The molecule has 0 unspecified atom stereocenters. The summed E-state index contributed by atoms with van der Waals surface area (Å²) in [6, 6.07) is 0. The third kappa shape index (κ3) is 3.02. The molecule has 0 atom stereocenters. The van der Waals surface area contributed by atoms with Crippen molar-refractivity contribution in [2.45, 2.75) is 25.7 Å². The molecule has 10 heavy (non-hydrogen) atoms. The van der Waals surface area contributed by atoms with Crippen molar-refractivity contribution in [1.82, 2.24) is 4.90 Å². The molecular weight excluding hydrogens is 122 g/mol. The van der Waals surface area contributed by atoms with Gasteiger partial charge in [-0.1, -0.05) is 12.2 Å². The van der Waals surface area contributed by atoms with Gasteiger partial charge in [0.2, 0.25) is 0 Å². The van der Waals surface area contributed by atoms with Crippen LogP contribution in [0.3, 0.4) is 0 Å². The van der Waals surface area contributed by atoms with E-state index >= 15 is 0 Å². The van der Waals surface area contributed by atoms with E-state index < -0.39 is 0 Å². The summed E-state index contributed by atoms with van der Waals surface area (Å²) in [6.45, 7) is 2.51. The molecule has 0 N–H and O–H groups in total. The summed E-state index contributed by atoms with van der Waals surface area (Å²) < 4.78 is 0. The lowest BCUT2D eigenvalue weighted by Crippen LogP contribution is -2.19. The Morgan fingerprint density at radius 2 is 1.80 bits per heavy atom. The molecule has 0 aromatic heterocycles. The minimum absolute atomic E-state index is 1.23. The molecule has 0 saturated carbocycles. The molecule has 0 bridgehead atoms. The summed E-state index contributed by atoms with van der Waals surface area (Å²) in [5, 5.41) is 0. The van der Waals surface area contributed by atoms with E-state index in [1.54, 1.807) is 0 Å². The van der Waals surface area contributed by atoms with Gasteiger partial charge in [-0.2, -0.15) is 0 Å². The smallest absolute Gasteiger partial charge is 0.00128 e. The molecule has 0 spiro atoms. The molecule has 0 aliphatic carbocycles. The second-order valence-electron chi connectivity index (χ2n) is 3.06. The first kappa shape index (κ1) is 7.80. The first-order valence-corrected chi connectivity index (χ1v) is 4.23. The van der Waals surface area contributed by atoms with Crippen LogP contribution in [0.5, 0.6) is 0 Å². The zero-order chi connectivity index (χ0) is 7.23. The first-order valence-electron chi connectivity index (χ1n) is 4.23. The predicted molar refractivity (Wildman–Crippen MR) is 45.1 cm³/mol. The zero-order valence-electron chi connectivity index (χ0n) is 6.84. The minimum Gasteiger partial charge on any atom is -0.306 e. The van der Waals surface area contributed by atoms with Gasteiger partial charge >= 0.3 is 0 Å². The van der Waals surface area contributed by atoms with Crippen LogP contribution in [0.1, 0.15) is 25.7 Å². The quantitative estimate of drug-likeness (QED) is 0.464. The molecule has 0 amide bonds. The lowest BCUT2D eigenvalue weighted by molar-refractivity contribution is 0.335. The maximum Gasteiger partial charge on any atom is 0.00128 e. The first-order chi connectivity index (χ1) is 4.89. The SMILES string of the molecule is CN1CC/C=C/CCCC1. The van der Waals surface area contributed by atoms with Crippen molar-refractivity contribution in [2.24, 2.45) is 0 Å². The molecule has 0 aromatic rings. The highest BCUT2D eigenvalue weighted by molar-refractivity contribution is 4.83. The van der Waals surface area contributed by atoms with Gasteiger partial charge in [-0.25, -0.2) is 0 Å². The fourth-order valence-electron chi connectivity index (χ4n) is 1.29. The Bertz CT molecular complexity index is 107. The van der Waals surface area contributed by atoms with Gasteiger partial charge in [0.15, 0.2) is 0 Å². The van der Waals surface area contributed by atoms with E-state index in [9.17, 15) is 0 Å². The normalized spacial score (nSPS) is 26.5. The second-order valence-corrected chi connectivity index (χ2v) is 3.06. The van der Waals surface area contributed by atoms with Gasteiger partial charge < -0.3 is 4.90 Å². The molecule has 1 nitrogen and oxygen atoms in total. The molecule has 1 heterocycles. The van der Waals surface area contributed by atoms with Crippen molar-refractivity contribution < 1.29 is 0 Å². The fourth-order valence-corrected chi connectivity index (χ4v) is 1.29. The third-order valence-corrected chi connectivity index (χ3v) is 2.00. The van der Waals surface area contributed by atoms with E-state index in [4.69, 9.17) is 0 Å². The van der Waals surface area contributed by atoms with Gasteiger partial charge in [-0.3, -0.25) is 0 Å². The van der Waals surface area contributed by atoms with Gasteiger partial charge in [0.05, 0.1) is 0 Å². The molecule has 0 radical (unpaired) electrons. The Balaban J connectivity index is 2.25. The van der Waals surface area contributed by atoms with Crippen molar-refractivity contribution in [1.29, 1.82) is 0 Å². The fraction of sp³-hybridized carbons (Fsp3) is 0.778. The molecule has 0 saturated heterocycles. The van der Waals surface area contributed by atoms with Gasteiger partial charge in [-0.15, -0.1) is 0 Å². The van der Waals surface area contributed by atoms with E-state index in [0.29, 0.717) is 0 Å². The summed E-state index contributed by atoms with van der Waals surface area (Å²) in [5.74, 6) is 0. The minimum atomic E-state index is 1.23. The Kier molecular flexibility index (Phi) is 3.52. The Morgan fingerprint density at radius 3 is 2.70 bits per heavy atom. The summed E-state index contributed by atoms with van der Waals surface area (Å²) in [5.41, 5.74) is 0. The highest BCUT2D eigenvalue weighted by Gasteiger charge is 1.97. The molecule has 1 heteroatoms. The van der Waals surface area contributed by atoms with Crippen molar-refractivity contribution in [3.63, 3.8) is 0 Å². The topological polar surface area (TPSA) is 3.24 Å². The number of allylic oxidation sites excluding steroid dienone is 1. The van der Waals surface area contributed by atoms with Gasteiger partial charge in [0, 0.05) is 6.54 Å². The third-order valence-electron chi connectivity index (χ3n) is 2.00. The number of rotatable bonds is 0. The van der Waals surface area contributed by atoms with Crippen LogP contribution in [0.25, 0.3) is 0 Å². The summed E-state index contributed by atoms with van der Waals surface area (Å²) >= 11 is 0. The summed E-state index contributed by atoms with van der Waals surface area (Å²) in [6.07, 6.45) is 9.87. The average Bonchev–Trinajstić information content (AvgIpc) is 2.02. The van der Waals surface area contributed by atoms with Gasteiger partial charge in [0.25, 0.3) is 0 Å². The van der Waals surface area contributed by atoms with E-state index in [2.05, 4.69) is 24.1 Å². The average molecular weight is 139 g/mol. The molecular formula is C9H17N. The molecule has 1 rings (SSSR count). The van der Waals surface area contributed by atoms with Crippen molar-refractivity contribution in [2.75, 3.05) is 20.1 Å². The van der Waals surface area contributed by atoms with Crippen molar-refractivity contribution in [3.05, 3.63) is 12.2 Å². The molecule has 0 fully saturated rings. The van der Waals surface area contributed by atoms with E-state index in [1.165, 1.54) is 38.8 Å². The molecule has 0 aromatic carbocycles. The second kappa shape index (κ2) is 4.51. The van der Waals surface area contributed by atoms with Crippen LogP contribution >= 0.6 is 0 Å². The van der Waals surface area contributed by atoms with Crippen LogP contribution in [0.4, 0.5) is 0 Å². The highest BCUT2D eigenvalue weighted by atomic mass is 15.1. The Hall–Kier alpha value is -0.300. The maximum atomic E-state index is 2.41. The molecule has 1 aliphatic heterocycles. The van der Waals surface area contributed by atoms with E-state index in [1.807, 2.05) is 0 Å².